The zero-order valence-corrected chi connectivity index (χ0v) is 39.4. The summed E-state index contributed by atoms with van der Waals surface area (Å²) in [4.78, 5) is 10.6. The van der Waals surface area contributed by atoms with Gasteiger partial charge in [0.15, 0.2) is 5.82 Å². The number of para-hydroxylation sites is 5. The average Bonchev–Trinajstić information content (AvgIpc) is 4.09. The number of nitrogens with zero attached hydrogens (tertiary/aromatic N) is 5. The molecule has 338 valence electrons. The molecule has 0 unspecified atom stereocenters. The number of hydrogen-bond acceptors (Lipinski definition) is 2. The minimum atomic E-state index is 0.700. The van der Waals surface area contributed by atoms with Crippen molar-refractivity contribution >= 4 is 109 Å². The molecule has 0 saturated heterocycles. The van der Waals surface area contributed by atoms with E-state index in [1.165, 1.54) is 81.4 Å². The Morgan fingerprint density at radius 1 is 0.247 bits per heavy atom. The second kappa shape index (κ2) is 15.3. The van der Waals surface area contributed by atoms with E-state index in [0.717, 1.165) is 61.1 Å². The maximum atomic E-state index is 5.40. The second-order valence-electron chi connectivity index (χ2n) is 19.4. The zero-order valence-electron chi connectivity index (χ0n) is 39.4. The number of rotatable bonds is 5. The number of benzene rings is 12. The molecule has 0 aliphatic heterocycles. The first-order chi connectivity index (χ1) is 36.2. The zero-order chi connectivity index (χ0) is 47.7. The minimum Gasteiger partial charge on any atom is -0.309 e. The molecule has 0 N–H and O–H groups in total. The molecule has 0 amide bonds. The third-order valence-corrected chi connectivity index (χ3v) is 15.3. The average molecular weight is 928 g/mol. The van der Waals surface area contributed by atoms with Crippen molar-refractivity contribution in [2.45, 2.75) is 0 Å². The molecule has 0 fully saturated rings. The van der Waals surface area contributed by atoms with Gasteiger partial charge in [0.1, 0.15) is 0 Å². The fourth-order valence-corrected chi connectivity index (χ4v) is 12.0. The minimum absolute atomic E-state index is 0.700. The number of fused-ring (bicyclic) bond motifs is 14. The normalized spacial score (nSPS) is 12.1. The second-order valence-corrected chi connectivity index (χ2v) is 19.4. The highest BCUT2D eigenvalue weighted by Gasteiger charge is 2.20. The van der Waals surface area contributed by atoms with Crippen molar-refractivity contribution in [1.82, 2.24) is 23.7 Å². The van der Waals surface area contributed by atoms with Gasteiger partial charge in [-0.15, -0.1) is 0 Å². The van der Waals surface area contributed by atoms with Crippen molar-refractivity contribution < 1.29 is 0 Å². The Morgan fingerprint density at radius 3 is 1.58 bits per heavy atom. The molecule has 5 nitrogen and oxygen atoms in total. The molecule has 0 saturated carbocycles. The van der Waals surface area contributed by atoms with Crippen LogP contribution in [0.1, 0.15) is 0 Å². The van der Waals surface area contributed by atoms with E-state index in [4.69, 9.17) is 9.97 Å². The maximum Gasteiger partial charge on any atom is 0.160 e. The molecule has 4 aromatic heterocycles. The summed E-state index contributed by atoms with van der Waals surface area (Å²) in [5, 5.41) is 15.7. The molecule has 16 aromatic rings. The maximum absolute atomic E-state index is 5.40. The van der Waals surface area contributed by atoms with Gasteiger partial charge in [0.2, 0.25) is 0 Å². The molecule has 0 atom stereocenters. The molecule has 0 spiro atoms. The third kappa shape index (κ3) is 5.97. The van der Waals surface area contributed by atoms with Crippen LogP contribution < -0.4 is 0 Å². The van der Waals surface area contributed by atoms with E-state index in [-0.39, 0.29) is 0 Å². The molecule has 16 rings (SSSR count). The van der Waals surface area contributed by atoms with Gasteiger partial charge in [-0.05, 0) is 123 Å². The van der Waals surface area contributed by atoms with Crippen molar-refractivity contribution in [3.05, 3.63) is 249 Å². The van der Waals surface area contributed by atoms with Crippen LogP contribution in [0.4, 0.5) is 0 Å². The Morgan fingerprint density at radius 2 is 0.781 bits per heavy atom. The lowest BCUT2D eigenvalue weighted by atomic mass is 10.0. The molecular weight excluding hydrogens is 887 g/mol. The molecule has 0 radical (unpaired) electrons. The molecule has 12 aromatic carbocycles. The molecule has 0 bridgehead atoms. The Labute approximate surface area is 418 Å². The SMILES string of the molecule is c1ccc(-n2c3ccccc3c3ccc(-c4nc(-c5ccc6cc(-n7c8ccccc8c8cc9ccc(-n%10c%11ccccc%11c%11c%12ccccc%12ccc%11%10)cc9cc87)ccc6c5)nc5ccccc45)cc32)cc1. The van der Waals surface area contributed by atoms with Crippen LogP contribution in [0.15, 0.2) is 249 Å². The van der Waals surface area contributed by atoms with Gasteiger partial charge in [0.05, 0.1) is 44.3 Å². The molecule has 4 heterocycles. The van der Waals surface area contributed by atoms with E-state index >= 15 is 0 Å². The lowest BCUT2D eigenvalue weighted by Crippen LogP contribution is -1.97. The van der Waals surface area contributed by atoms with Crippen molar-refractivity contribution in [1.29, 1.82) is 0 Å². The Bertz CT molecular complexity index is 4980. The van der Waals surface area contributed by atoms with Crippen LogP contribution in [0.2, 0.25) is 0 Å². The summed E-state index contributed by atoms with van der Waals surface area (Å²) < 4.78 is 7.23. The summed E-state index contributed by atoms with van der Waals surface area (Å²) in [5.74, 6) is 0.700. The molecule has 5 heteroatoms. The van der Waals surface area contributed by atoms with Crippen LogP contribution in [0.5, 0.6) is 0 Å². The smallest absolute Gasteiger partial charge is 0.160 e. The molecule has 73 heavy (non-hydrogen) atoms. The first-order valence-electron chi connectivity index (χ1n) is 25.0. The van der Waals surface area contributed by atoms with Crippen molar-refractivity contribution in [3.8, 4) is 39.7 Å². The van der Waals surface area contributed by atoms with Gasteiger partial charge >= 0.3 is 0 Å². The van der Waals surface area contributed by atoms with E-state index < -0.39 is 0 Å². The van der Waals surface area contributed by atoms with E-state index in [9.17, 15) is 0 Å². The standard InChI is InChI=1S/C68H41N5/c1-2-15-49(16-3-1)71-60-23-11-7-18-53(60)55-34-30-46(40-64(55)71)67-56-20-6-10-22-59(56)69-68(70-67)47-27-26-44-37-50(32-28-43(44)36-47)73-61-24-12-8-19-54(61)58-39-45-29-33-51(38-48(45)41-65(58)73)72-62-25-13-9-21-57(62)66-52-17-5-4-14-42(52)31-35-63(66)72/h1-41H. The lowest BCUT2D eigenvalue weighted by molar-refractivity contribution is 1.18. The molecule has 0 aliphatic rings. The Balaban J connectivity index is 0.819. The first kappa shape index (κ1) is 39.9. The first-order valence-corrected chi connectivity index (χ1v) is 25.0. The van der Waals surface area contributed by atoms with Crippen molar-refractivity contribution in [2.24, 2.45) is 0 Å². The van der Waals surface area contributed by atoms with E-state index in [1.54, 1.807) is 0 Å². The summed E-state index contributed by atoms with van der Waals surface area (Å²) in [7, 11) is 0. The van der Waals surface area contributed by atoms with Gasteiger partial charge in [0.25, 0.3) is 0 Å². The van der Waals surface area contributed by atoms with Gasteiger partial charge in [-0.1, -0.05) is 158 Å². The van der Waals surface area contributed by atoms with Crippen LogP contribution >= 0.6 is 0 Å². The van der Waals surface area contributed by atoms with E-state index in [2.05, 4.69) is 262 Å². The van der Waals surface area contributed by atoms with Crippen molar-refractivity contribution in [2.75, 3.05) is 0 Å². The highest BCUT2D eigenvalue weighted by Crippen LogP contribution is 2.41. The van der Waals surface area contributed by atoms with Crippen LogP contribution in [-0.2, 0) is 0 Å². The highest BCUT2D eigenvalue weighted by atomic mass is 15.0. The predicted octanol–water partition coefficient (Wildman–Crippen LogP) is 17.7. The topological polar surface area (TPSA) is 40.6 Å². The van der Waals surface area contributed by atoms with E-state index in [1.807, 2.05) is 0 Å². The fraction of sp³-hybridized carbons (Fsp3) is 0. The van der Waals surface area contributed by atoms with Crippen molar-refractivity contribution in [3.63, 3.8) is 0 Å². The summed E-state index contributed by atoms with van der Waals surface area (Å²) in [6.45, 7) is 0. The van der Waals surface area contributed by atoms with Gasteiger partial charge in [-0.2, -0.15) is 0 Å². The monoisotopic (exact) mass is 927 g/mol. The van der Waals surface area contributed by atoms with Crippen LogP contribution in [-0.4, -0.2) is 23.7 Å². The van der Waals surface area contributed by atoms with Gasteiger partial charge < -0.3 is 13.7 Å². The largest absolute Gasteiger partial charge is 0.309 e. The molecule has 0 aliphatic carbocycles. The molecular formula is C68H41N5. The van der Waals surface area contributed by atoms with Crippen LogP contribution in [0.3, 0.4) is 0 Å². The van der Waals surface area contributed by atoms with Gasteiger partial charge in [-0.3, -0.25) is 0 Å². The number of aromatic nitrogens is 5. The van der Waals surface area contributed by atoms with Gasteiger partial charge in [0, 0.05) is 65.9 Å². The third-order valence-electron chi connectivity index (χ3n) is 15.3. The van der Waals surface area contributed by atoms with Crippen LogP contribution in [0.25, 0.3) is 148 Å². The highest BCUT2D eigenvalue weighted by molar-refractivity contribution is 6.22. The summed E-state index contributed by atoms with van der Waals surface area (Å²) >= 11 is 0. The van der Waals surface area contributed by atoms with E-state index in [0.29, 0.717) is 5.82 Å². The summed E-state index contributed by atoms with van der Waals surface area (Å²) in [5.41, 5.74) is 14.3. The Hall–Kier alpha value is -9.84. The van der Waals surface area contributed by atoms with Gasteiger partial charge in [-0.25, -0.2) is 9.97 Å². The fourth-order valence-electron chi connectivity index (χ4n) is 12.0. The summed E-state index contributed by atoms with van der Waals surface area (Å²) in [6, 6.07) is 90.4. The Kier molecular flexibility index (Phi) is 8.39. The predicted molar refractivity (Wildman–Crippen MR) is 306 cm³/mol. The quantitative estimate of drug-likeness (QED) is 0.173. The summed E-state index contributed by atoms with van der Waals surface area (Å²) in [6.07, 6.45) is 0. The number of hydrogen-bond donors (Lipinski definition) is 0. The van der Waals surface area contributed by atoms with Crippen LogP contribution in [0, 0.1) is 0 Å². The lowest BCUT2D eigenvalue weighted by Gasteiger charge is -2.13.